The molecule has 170 valence electrons. The molecule has 9 heteroatoms. The third-order valence-electron chi connectivity index (χ3n) is 4.41. The SMILES string of the molecule is CC(NC(=O)NC(CCC(=O)OCc1ccccc1)C(=O)OCc1ccccc1)C(=O)O. The van der Waals surface area contributed by atoms with Crippen LogP contribution in [0.4, 0.5) is 4.79 Å². The number of aliphatic carboxylic acids is 1. The van der Waals surface area contributed by atoms with Crippen LogP contribution in [-0.4, -0.2) is 41.1 Å². The molecule has 0 saturated heterocycles. The summed E-state index contributed by atoms with van der Waals surface area (Å²) in [6.45, 7) is 1.36. The minimum Gasteiger partial charge on any atom is -0.480 e. The lowest BCUT2D eigenvalue weighted by atomic mass is 10.1. The smallest absolute Gasteiger partial charge is 0.329 e. The predicted molar refractivity (Wildman–Crippen MR) is 114 cm³/mol. The number of urea groups is 1. The molecule has 0 saturated carbocycles. The maximum Gasteiger partial charge on any atom is 0.329 e. The second-order valence-electron chi connectivity index (χ2n) is 7.01. The van der Waals surface area contributed by atoms with E-state index in [9.17, 15) is 19.2 Å². The molecule has 0 aliphatic rings. The second kappa shape index (κ2) is 12.7. The van der Waals surface area contributed by atoms with Gasteiger partial charge in [-0.3, -0.25) is 9.59 Å². The van der Waals surface area contributed by atoms with Crippen molar-refractivity contribution < 1.29 is 33.8 Å². The van der Waals surface area contributed by atoms with E-state index in [1.807, 2.05) is 36.4 Å². The fourth-order valence-corrected chi connectivity index (χ4v) is 2.61. The molecule has 9 nitrogen and oxygen atoms in total. The highest BCUT2D eigenvalue weighted by Gasteiger charge is 2.25. The summed E-state index contributed by atoms with van der Waals surface area (Å²) in [5.41, 5.74) is 1.57. The number of carbonyl (C=O) groups excluding carboxylic acids is 3. The molecule has 0 bridgehead atoms. The van der Waals surface area contributed by atoms with Crippen LogP contribution in [0.2, 0.25) is 0 Å². The average molecular weight is 442 g/mol. The lowest BCUT2D eigenvalue weighted by Gasteiger charge is -2.19. The Morgan fingerprint density at radius 2 is 1.38 bits per heavy atom. The van der Waals surface area contributed by atoms with Crippen LogP contribution in [0, 0.1) is 0 Å². The fraction of sp³-hybridized carbons (Fsp3) is 0.304. The monoisotopic (exact) mass is 442 g/mol. The third-order valence-corrected chi connectivity index (χ3v) is 4.41. The van der Waals surface area contributed by atoms with Gasteiger partial charge < -0.3 is 25.2 Å². The summed E-state index contributed by atoms with van der Waals surface area (Å²) in [7, 11) is 0. The van der Waals surface area contributed by atoms with Gasteiger partial charge in [0.25, 0.3) is 0 Å². The van der Waals surface area contributed by atoms with Gasteiger partial charge in [0.05, 0.1) is 0 Å². The molecular weight excluding hydrogens is 416 g/mol. The van der Waals surface area contributed by atoms with Crippen molar-refractivity contribution in [2.24, 2.45) is 0 Å². The highest BCUT2D eigenvalue weighted by Crippen LogP contribution is 2.08. The first-order chi connectivity index (χ1) is 15.3. The number of benzene rings is 2. The molecule has 32 heavy (non-hydrogen) atoms. The number of carboxylic acids is 1. The Morgan fingerprint density at radius 3 is 1.91 bits per heavy atom. The Labute approximate surface area is 185 Å². The fourth-order valence-electron chi connectivity index (χ4n) is 2.61. The molecule has 2 aromatic carbocycles. The number of carboxylic acid groups (broad SMARTS) is 1. The molecule has 0 radical (unpaired) electrons. The van der Waals surface area contributed by atoms with Crippen LogP contribution in [0.15, 0.2) is 60.7 Å². The Kier molecular flexibility index (Phi) is 9.70. The lowest BCUT2D eigenvalue weighted by Crippen LogP contribution is -2.50. The topological polar surface area (TPSA) is 131 Å². The number of ether oxygens (including phenoxy) is 2. The van der Waals surface area contributed by atoms with Crippen LogP contribution >= 0.6 is 0 Å². The van der Waals surface area contributed by atoms with Crippen molar-refractivity contribution in [2.45, 2.75) is 45.1 Å². The molecule has 2 atom stereocenters. The highest BCUT2D eigenvalue weighted by atomic mass is 16.5. The number of nitrogens with one attached hydrogen (secondary N) is 2. The Hall–Kier alpha value is -3.88. The van der Waals surface area contributed by atoms with Crippen molar-refractivity contribution in [3.63, 3.8) is 0 Å². The zero-order valence-electron chi connectivity index (χ0n) is 17.7. The van der Waals surface area contributed by atoms with Gasteiger partial charge >= 0.3 is 23.9 Å². The summed E-state index contributed by atoms with van der Waals surface area (Å²) < 4.78 is 10.4. The van der Waals surface area contributed by atoms with E-state index in [2.05, 4.69) is 10.6 Å². The van der Waals surface area contributed by atoms with Gasteiger partial charge in [0.2, 0.25) is 0 Å². The van der Waals surface area contributed by atoms with Crippen LogP contribution in [0.1, 0.15) is 30.9 Å². The van der Waals surface area contributed by atoms with E-state index in [0.29, 0.717) is 0 Å². The van der Waals surface area contributed by atoms with E-state index in [0.717, 1.165) is 11.1 Å². The Balaban J connectivity index is 1.92. The lowest BCUT2D eigenvalue weighted by molar-refractivity contribution is -0.148. The van der Waals surface area contributed by atoms with Crippen LogP contribution in [0.25, 0.3) is 0 Å². The van der Waals surface area contributed by atoms with Crippen LogP contribution in [0.5, 0.6) is 0 Å². The number of amides is 2. The summed E-state index contributed by atoms with van der Waals surface area (Å²) in [5, 5.41) is 13.5. The summed E-state index contributed by atoms with van der Waals surface area (Å²) in [5.74, 6) is -2.52. The van der Waals surface area contributed by atoms with E-state index in [1.165, 1.54) is 6.92 Å². The van der Waals surface area contributed by atoms with Gasteiger partial charge in [-0.15, -0.1) is 0 Å². The maximum absolute atomic E-state index is 12.5. The molecule has 0 aliphatic carbocycles. The molecule has 3 N–H and O–H groups in total. The van der Waals surface area contributed by atoms with Crippen molar-refractivity contribution >= 4 is 23.9 Å². The van der Waals surface area contributed by atoms with Crippen LogP contribution < -0.4 is 10.6 Å². The van der Waals surface area contributed by atoms with Gasteiger partial charge in [-0.05, 0) is 24.5 Å². The van der Waals surface area contributed by atoms with Crippen LogP contribution in [0.3, 0.4) is 0 Å². The van der Waals surface area contributed by atoms with Crippen molar-refractivity contribution in [1.29, 1.82) is 0 Å². The zero-order valence-corrected chi connectivity index (χ0v) is 17.7. The summed E-state index contributed by atoms with van der Waals surface area (Å²) in [4.78, 5) is 47.6. The van der Waals surface area contributed by atoms with Gasteiger partial charge in [0.1, 0.15) is 25.3 Å². The van der Waals surface area contributed by atoms with Gasteiger partial charge in [-0.1, -0.05) is 60.7 Å². The standard InChI is InChI=1S/C23H26N2O7/c1-16(21(27)28)24-23(30)25-19(22(29)32-15-18-10-6-3-7-11-18)12-13-20(26)31-14-17-8-4-2-5-9-17/h2-11,16,19H,12-15H2,1H3,(H,27,28)(H2,24,25,30). The van der Waals surface area contributed by atoms with E-state index in [-0.39, 0.29) is 26.1 Å². The van der Waals surface area contributed by atoms with Gasteiger partial charge in [0.15, 0.2) is 0 Å². The zero-order chi connectivity index (χ0) is 23.3. The third kappa shape index (κ3) is 8.86. The van der Waals surface area contributed by atoms with Crippen molar-refractivity contribution in [3.8, 4) is 0 Å². The highest BCUT2D eigenvalue weighted by molar-refractivity contribution is 5.86. The number of rotatable bonds is 11. The first kappa shape index (κ1) is 24.4. The van der Waals surface area contributed by atoms with Crippen LogP contribution in [-0.2, 0) is 37.1 Å². The minimum atomic E-state index is -1.23. The first-order valence-corrected chi connectivity index (χ1v) is 10.0. The number of carbonyl (C=O) groups is 4. The largest absolute Gasteiger partial charge is 0.480 e. The van der Waals surface area contributed by atoms with Crippen molar-refractivity contribution in [3.05, 3.63) is 71.8 Å². The molecule has 0 spiro atoms. The molecule has 2 unspecified atom stereocenters. The summed E-state index contributed by atoms with van der Waals surface area (Å²) >= 11 is 0. The quantitative estimate of drug-likeness (QED) is 0.455. The number of hydrogen-bond acceptors (Lipinski definition) is 6. The molecule has 2 amide bonds. The maximum atomic E-state index is 12.5. The molecule has 0 aromatic heterocycles. The van der Waals surface area contributed by atoms with Gasteiger partial charge in [-0.2, -0.15) is 0 Å². The van der Waals surface area contributed by atoms with Crippen molar-refractivity contribution in [2.75, 3.05) is 0 Å². The van der Waals surface area contributed by atoms with Gasteiger partial charge in [0, 0.05) is 6.42 Å². The van der Waals surface area contributed by atoms with Crippen molar-refractivity contribution in [1.82, 2.24) is 10.6 Å². The van der Waals surface area contributed by atoms with E-state index in [4.69, 9.17) is 14.6 Å². The Bertz CT molecular complexity index is 903. The molecule has 2 rings (SSSR count). The normalized spacial score (nSPS) is 12.2. The Morgan fingerprint density at radius 1 is 0.844 bits per heavy atom. The second-order valence-corrected chi connectivity index (χ2v) is 7.01. The molecule has 2 aromatic rings. The predicted octanol–water partition coefficient (Wildman–Crippen LogP) is 2.39. The van der Waals surface area contributed by atoms with E-state index in [1.54, 1.807) is 24.3 Å². The molecule has 0 heterocycles. The molecule has 0 aliphatic heterocycles. The number of hydrogen-bond donors (Lipinski definition) is 3. The summed E-state index contributed by atoms with van der Waals surface area (Å²) in [6, 6.07) is 14.9. The van der Waals surface area contributed by atoms with E-state index < -0.39 is 36.0 Å². The van der Waals surface area contributed by atoms with E-state index >= 15 is 0 Å². The summed E-state index contributed by atoms with van der Waals surface area (Å²) in [6.07, 6.45) is -0.219. The van der Waals surface area contributed by atoms with Gasteiger partial charge in [-0.25, -0.2) is 9.59 Å². The average Bonchev–Trinajstić information content (AvgIpc) is 2.80. The first-order valence-electron chi connectivity index (χ1n) is 10.0. The molecule has 0 fully saturated rings. The molecular formula is C23H26N2O7. The number of esters is 2. The minimum absolute atomic E-state index is 0.0105.